The largest absolute Gasteiger partial charge is 0.494 e. The molecule has 2 aromatic carbocycles. The summed E-state index contributed by atoms with van der Waals surface area (Å²) >= 11 is 0. The van der Waals surface area contributed by atoms with Crippen LogP contribution in [0, 0.1) is 6.92 Å². The molecule has 0 fully saturated rings. The maximum atomic E-state index is 5.53. The Labute approximate surface area is 128 Å². The Hall–Kier alpha value is -1.96. The second-order valence-corrected chi connectivity index (χ2v) is 5.37. The first-order valence-corrected chi connectivity index (χ1v) is 7.72. The van der Waals surface area contributed by atoms with E-state index in [1.54, 1.807) is 0 Å². The lowest BCUT2D eigenvalue weighted by molar-refractivity contribution is 0.340. The molecule has 1 N–H and O–H groups in total. The van der Waals surface area contributed by atoms with Crippen LogP contribution >= 0.6 is 0 Å². The summed E-state index contributed by atoms with van der Waals surface area (Å²) in [4.78, 5) is 0. The molecule has 2 rings (SSSR count). The second-order valence-electron chi connectivity index (χ2n) is 5.37. The summed E-state index contributed by atoms with van der Waals surface area (Å²) in [6.45, 7) is 9.19. The Kier molecular flexibility index (Phi) is 5.26. The first-order valence-electron chi connectivity index (χ1n) is 7.72. The van der Waals surface area contributed by atoms with Gasteiger partial charge in [0.2, 0.25) is 0 Å². The third kappa shape index (κ3) is 4.01. The molecule has 0 heterocycles. The molecule has 0 aromatic heterocycles. The average Bonchev–Trinajstić information content (AvgIpc) is 2.50. The van der Waals surface area contributed by atoms with Crippen LogP contribution in [-0.4, -0.2) is 6.61 Å². The summed E-state index contributed by atoms with van der Waals surface area (Å²) in [5.41, 5.74) is 5.05. The number of aryl methyl sites for hydroxylation is 2. The van der Waals surface area contributed by atoms with Crippen molar-refractivity contribution in [1.29, 1.82) is 0 Å². The van der Waals surface area contributed by atoms with Gasteiger partial charge in [0, 0.05) is 11.7 Å². The Morgan fingerprint density at radius 2 is 1.76 bits per heavy atom. The fourth-order valence-corrected chi connectivity index (χ4v) is 2.41. The molecule has 0 aliphatic heterocycles. The van der Waals surface area contributed by atoms with E-state index in [1.807, 2.05) is 13.0 Å². The van der Waals surface area contributed by atoms with E-state index in [9.17, 15) is 0 Å². The Balaban J connectivity index is 2.09. The van der Waals surface area contributed by atoms with Crippen molar-refractivity contribution >= 4 is 5.69 Å². The summed E-state index contributed by atoms with van der Waals surface area (Å²) in [5.74, 6) is 0.931. The van der Waals surface area contributed by atoms with Crippen molar-refractivity contribution < 1.29 is 4.74 Å². The number of ether oxygens (including phenoxy) is 1. The molecule has 112 valence electrons. The molecule has 0 aliphatic carbocycles. The van der Waals surface area contributed by atoms with Crippen LogP contribution in [0.1, 0.15) is 43.5 Å². The van der Waals surface area contributed by atoms with Crippen molar-refractivity contribution in [2.24, 2.45) is 0 Å². The lowest BCUT2D eigenvalue weighted by atomic mass is 10.0. The zero-order valence-corrected chi connectivity index (χ0v) is 13.4. The van der Waals surface area contributed by atoms with Gasteiger partial charge >= 0.3 is 0 Å². The van der Waals surface area contributed by atoms with Crippen molar-refractivity contribution in [3.05, 3.63) is 59.2 Å². The third-order valence-corrected chi connectivity index (χ3v) is 3.77. The molecule has 0 aliphatic rings. The van der Waals surface area contributed by atoms with Gasteiger partial charge in [-0.25, -0.2) is 0 Å². The molecule has 1 atom stereocenters. The minimum absolute atomic E-state index is 0.285. The second kappa shape index (κ2) is 7.16. The zero-order valence-electron chi connectivity index (χ0n) is 13.4. The van der Waals surface area contributed by atoms with Gasteiger partial charge in [-0.1, -0.05) is 31.2 Å². The van der Waals surface area contributed by atoms with Crippen LogP contribution < -0.4 is 10.1 Å². The molecular formula is C19H25NO. The first kappa shape index (κ1) is 15.4. The highest BCUT2D eigenvalue weighted by molar-refractivity contribution is 5.54. The van der Waals surface area contributed by atoms with E-state index in [2.05, 4.69) is 62.5 Å². The lowest BCUT2D eigenvalue weighted by Crippen LogP contribution is -2.08. The number of anilines is 1. The molecule has 2 nitrogen and oxygen atoms in total. The molecule has 0 spiro atoms. The maximum Gasteiger partial charge on any atom is 0.119 e. The molecule has 0 bridgehead atoms. The number of rotatable bonds is 6. The van der Waals surface area contributed by atoms with Crippen molar-refractivity contribution in [3.8, 4) is 5.75 Å². The number of nitrogens with one attached hydrogen (secondary N) is 1. The fraction of sp³-hybridized carbons (Fsp3) is 0.368. The summed E-state index contributed by atoms with van der Waals surface area (Å²) in [6.07, 6.45) is 1.08. The van der Waals surface area contributed by atoms with Gasteiger partial charge in [0.25, 0.3) is 0 Å². The first-order chi connectivity index (χ1) is 10.1. The van der Waals surface area contributed by atoms with Crippen molar-refractivity contribution in [1.82, 2.24) is 0 Å². The molecule has 2 heteroatoms. The van der Waals surface area contributed by atoms with Crippen LogP contribution in [0.25, 0.3) is 0 Å². The zero-order chi connectivity index (χ0) is 15.2. The predicted molar refractivity (Wildman–Crippen MR) is 90.2 cm³/mol. The van der Waals surface area contributed by atoms with Crippen molar-refractivity contribution in [3.63, 3.8) is 0 Å². The molecule has 0 saturated carbocycles. The van der Waals surface area contributed by atoms with E-state index < -0.39 is 0 Å². The molecule has 0 radical (unpaired) electrons. The van der Waals surface area contributed by atoms with Gasteiger partial charge in [-0.3, -0.25) is 0 Å². The minimum Gasteiger partial charge on any atom is -0.494 e. The number of benzene rings is 2. The normalized spacial score (nSPS) is 12.0. The van der Waals surface area contributed by atoms with Crippen LogP contribution in [0.3, 0.4) is 0 Å². The Bertz CT molecular complexity index is 575. The van der Waals surface area contributed by atoms with Gasteiger partial charge < -0.3 is 10.1 Å². The molecule has 21 heavy (non-hydrogen) atoms. The number of hydrogen-bond donors (Lipinski definition) is 1. The van der Waals surface area contributed by atoms with Gasteiger partial charge in [0.15, 0.2) is 0 Å². The van der Waals surface area contributed by atoms with E-state index in [0.717, 1.165) is 17.9 Å². The van der Waals surface area contributed by atoms with E-state index in [1.165, 1.54) is 16.7 Å². The maximum absolute atomic E-state index is 5.53. The van der Waals surface area contributed by atoms with Gasteiger partial charge in [0.1, 0.15) is 5.75 Å². The molecule has 2 aromatic rings. The summed E-state index contributed by atoms with van der Waals surface area (Å²) in [5, 5.41) is 3.58. The van der Waals surface area contributed by atoms with Crippen LogP contribution in [0.4, 0.5) is 5.69 Å². The molecule has 0 amide bonds. The van der Waals surface area contributed by atoms with Gasteiger partial charge in [-0.2, -0.15) is 0 Å². The van der Waals surface area contributed by atoms with Gasteiger partial charge in [-0.15, -0.1) is 0 Å². The van der Waals surface area contributed by atoms with Crippen molar-refractivity contribution in [2.75, 3.05) is 11.9 Å². The highest BCUT2D eigenvalue weighted by Crippen LogP contribution is 2.25. The van der Waals surface area contributed by atoms with E-state index >= 15 is 0 Å². The van der Waals surface area contributed by atoms with E-state index in [0.29, 0.717) is 6.61 Å². The summed E-state index contributed by atoms with van der Waals surface area (Å²) in [6, 6.07) is 15.3. The molecule has 0 saturated heterocycles. The minimum atomic E-state index is 0.285. The smallest absolute Gasteiger partial charge is 0.119 e. The fourth-order valence-electron chi connectivity index (χ4n) is 2.41. The third-order valence-electron chi connectivity index (χ3n) is 3.77. The van der Waals surface area contributed by atoms with Gasteiger partial charge in [0.05, 0.1) is 6.61 Å². The summed E-state index contributed by atoms with van der Waals surface area (Å²) < 4.78 is 5.53. The Morgan fingerprint density at radius 3 is 2.33 bits per heavy atom. The Morgan fingerprint density at radius 1 is 1.05 bits per heavy atom. The highest BCUT2D eigenvalue weighted by atomic mass is 16.5. The standard InChI is InChI=1S/C19H25NO/c1-5-16-7-9-17(10-8-16)15(4)20-19-12-11-18(21-6-2)13-14(19)3/h7-13,15,20H,5-6H2,1-4H3. The molecule has 1 unspecified atom stereocenters. The number of hydrogen-bond acceptors (Lipinski definition) is 2. The van der Waals surface area contributed by atoms with E-state index in [-0.39, 0.29) is 6.04 Å². The predicted octanol–water partition coefficient (Wildman–Crippen LogP) is 5.13. The van der Waals surface area contributed by atoms with Crippen LogP contribution in [-0.2, 0) is 6.42 Å². The van der Waals surface area contributed by atoms with Crippen LogP contribution in [0.5, 0.6) is 5.75 Å². The monoisotopic (exact) mass is 283 g/mol. The lowest BCUT2D eigenvalue weighted by Gasteiger charge is -2.18. The summed E-state index contributed by atoms with van der Waals surface area (Å²) in [7, 11) is 0. The average molecular weight is 283 g/mol. The van der Waals surface area contributed by atoms with Crippen LogP contribution in [0.15, 0.2) is 42.5 Å². The SMILES string of the molecule is CCOc1ccc(NC(C)c2ccc(CC)cc2)c(C)c1. The highest BCUT2D eigenvalue weighted by Gasteiger charge is 2.07. The van der Waals surface area contributed by atoms with Crippen molar-refractivity contribution in [2.45, 2.75) is 40.2 Å². The topological polar surface area (TPSA) is 21.3 Å². The quantitative estimate of drug-likeness (QED) is 0.793. The molecular weight excluding hydrogens is 258 g/mol. The van der Waals surface area contributed by atoms with Crippen LogP contribution in [0.2, 0.25) is 0 Å². The van der Waals surface area contributed by atoms with Gasteiger partial charge in [-0.05, 0) is 62.1 Å². The van der Waals surface area contributed by atoms with E-state index in [4.69, 9.17) is 4.74 Å².